The van der Waals surface area contributed by atoms with Crippen LogP contribution in [0.3, 0.4) is 0 Å². The van der Waals surface area contributed by atoms with Gasteiger partial charge in [-0.2, -0.15) is 0 Å². The van der Waals surface area contributed by atoms with E-state index in [2.05, 4.69) is 49.5 Å². The molecule has 2 aliphatic rings. The van der Waals surface area contributed by atoms with E-state index in [-0.39, 0.29) is 17.9 Å². The number of benzene rings is 1. The minimum absolute atomic E-state index is 0.0290. The first-order valence-corrected chi connectivity index (χ1v) is 14.1. The van der Waals surface area contributed by atoms with Crippen LogP contribution in [-0.2, 0) is 9.53 Å². The van der Waals surface area contributed by atoms with Crippen molar-refractivity contribution in [2.75, 3.05) is 75.5 Å². The maximum atomic E-state index is 13.5. The van der Waals surface area contributed by atoms with Gasteiger partial charge >= 0.3 is 0 Å². The van der Waals surface area contributed by atoms with Crippen LogP contribution >= 0.6 is 11.8 Å². The summed E-state index contributed by atoms with van der Waals surface area (Å²) in [5.41, 5.74) is 2.44. The quantitative estimate of drug-likeness (QED) is 0.376. The van der Waals surface area contributed by atoms with E-state index in [1.165, 1.54) is 11.8 Å². The van der Waals surface area contributed by atoms with E-state index >= 15 is 0 Å². The van der Waals surface area contributed by atoms with Crippen molar-refractivity contribution in [1.29, 1.82) is 0 Å². The predicted octanol–water partition coefficient (Wildman–Crippen LogP) is 2.45. The van der Waals surface area contributed by atoms with Gasteiger partial charge in [0.2, 0.25) is 5.91 Å². The number of nitrogens with zero attached hydrogens (tertiary/aromatic N) is 5. The highest BCUT2D eigenvalue weighted by Crippen LogP contribution is 2.25. The SMILES string of the molecule is CCC(C)NC(=O)CN1CCN(C(=O)c2cnc(SC)nc2Nc2ccc(N3CCOCC3)cc2)CC1. The average Bonchev–Trinajstić information content (AvgIpc) is 2.93. The van der Waals surface area contributed by atoms with Gasteiger partial charge in [0.05, 0.1) is 19.8 Å². The van der Waals surface area contributed by atoms with Crippen LogP contribution in [0.2, 0.25) is 0 Å². The molecule has 3 heterocycles. The minimum Gasteiger partial charge on any atom is -0.378 e. The van der Waals surface area contributed by atoms with Crippen molar-refractivity contribution in [2.45, 2.75) is 31.5 Å². The fourth-order valence-corrected chi connectivity index (χ4v) is 4.68. The molecule has 11 heteroatoms. The Balaban J connectivity index is 1.40. The number of hydrogen-bond donors (Lipinski definition) is 2. The highest BCUT2D eigenvalue weighted by Gasteiger charge is 2.26. The van der Waals surface area contributed by atoms with E-state index in [1.807, 2.05) is 30.2 Å². The number of carbonyl (C=O) groups is 2. The van der Waals surface area contributed by atoms with Crippen molar-refractivity contribution in [2.24, 2.45) is 0 Å². The number of thioether (sulfide) groups is 1. The fraction of sp³-hybridized carbons (Fsp3) is 0.538. The number of rotatable bonds is 9. The minimum atomic E-state index is -0.108. The molecule has 2 N–H and O–H groups in total. The second kappa shape index (κ2) is 13.1. The summed E-state index contributed by atoms with van der Waals surface area (Å²) in [6.07, 6.45) is 4.42. The van der Waals surface area contributed by atoms with Gasteiger partial charge in [-0.25, -0.2) is 9.97 Å². The van der Waals surface area contributed by atoms with Gasteiger partial charge in [0.1, 0.15) is 11.4 Å². The molecule has 2 saturated heterocycles. The Labute approximate surface area is 223 Å². The van der Waals surface area contributed by atoms with Crippen LogP contribution in [-0.4, -0.2) is 103 Å². The third-order valence-corrected chi connectivity index (χ3v) is 7.29. The van der Waals surface area contributed by atoms with E-state index in [0.29, 0.717) is 49.3 Å². The molecular weight excluding hydrogens is 490 g/mol. The van der Waals surface area contributed by atoms with Gasteiger partial charge in [0, 0.05) is 62.9 Å². The van der Waals surface area contributed by atoms with Crippen molar-refractivity contribution in [3.8, 4) is 0 Å². The number of piperazine rings is 1. The maximum absolute atomic E-state index is 13.5. The Bertz CT molecular complexity index is 1050. The fourth-order valence-electron chi connectivity index (χ4n) is 4.33. The van der Waals surface area contributed by atoms with Crippen LogP contribution in [0, 0.1) is 0 Å². The number of hydrogen-bond acceptors (Lipinski definition) is 9. The van der Waals surface area contributed by atoms with Crippen LogP contribution in [0.4, 0.5) is 17.2 Å². The van der Waals surface area contributed by atoms with E-state index in [9.17, 15) is 9.59 Å². The summed E-state index contributed by atoms with van der Waals surface area (Å²) in [6.45, 7) is 10.0. The molecule has 2 aromatic rings. The zero-order valence-electron chi connectivity index (χ0n) is 21.9. The number of ether oxygens (including phenoxy) is 1. The maximum Gasteiger partial charge on any atom is 0.259 e. The molecule has 37 heavy (non-hydrogen) atoms. The number of amides is 2. The monoisotopic (exact) mass is 527 g/mol. The van der Waals surface area contributed by atoms with Crippen LogP contribution in [0.15, 0.2) is 35.6 Å². The summed E-state index contributed by atoms with van der Waals surface area (Å²) in [7, 11) is 0. The van der Waals surface area contributed by atoms with Crippen molar-refractivity contribution >= 4 is 40.8 Å². The van der Waals surface area contributed by atoms with Gasteiger partial charge in [-0.15, -0.1) is 0 Å². The van der Waals surface area contributed by atoms with Gasteiger partial charge in [0.25, 0.3) is 5.91 Å². The first kappa shape index (κ1) is 27.2. The molecule has 0 bridgehead atoms. The van der Waals surface area contributed by atoms with E-state index < -0.39 is 0 Å². The second-order valence-electron chi connectivity index (χ2n) is 9.34. The second-order valence-corrected chi connectivity index (χ2v) is 10.1. The molecule has 1 unspecified atom stereocenters. The Kier molecular flexibility index (Phi) is 9.59. The molecule has 0 aliphatic carbocycles. The van der Waals surface area contributed by atoms with Gasteiger partial charge in [-0.3, -0.25) is 14.5 Å². The highest BCUT2D eigenvalue weighted by atomic mass is 32.2. The lowest BCUT2D eigenvalue weighted by atomic mass is 10.2. The normalized spacial score (nSPS) is 17.4. The molecule has 1 atom stereocenters. The lowest BCUT2D eigenvalue weighted by Crippen LogP contribution is -2.51. The molecule has 2 amide bonds. The summed E-state index contributed by atoms with van der Waals surface area (Å²) in [5.74, 6) is 0.420. The van der Waals surface area contributed by atoms with Gasteiger partial charge in [-0.05, 0) is 43.9 Å². The molecule has 0 spiro atoms. The van der Waals surface area contributed by atoms with E-state index in [1.54, 1.807) is 6.20 Å². The van der Waals surface area contributed by atoms with Gasteiger partial charge in [-0.1, -0.05) is 18.7 Å². The van der Waals surface area contributed by atoms with Crippen LogP contribution in [0.1, 0.15) is 30.6 Å². The summed E-state index contributed by atoms with van der Waals surface area (Å²) in [6, 6.07) is 8.32. The molecule has 1 aromatic carbocycles. The topological polar surface area (TPSA) is 103 Å². The smallest absolute Gasteiger partial charge is 0.259 e. The van der Waals surface area contributed by atoms with E-state index in [0.717, 1.165) is 44.1 Å². The first-order valence-electron chi connectivity index (χ1n) is 12.9. The average molecular weight is 528 g/mol. The van der Waals surface area contributed by atoms with Gasteiger partial charge < -0.3 is 25.2 Å². The molecule has 4 rings (SSSR count). The number of nitrogens with one attached hydrogen (secondary N) is 2. The lowest BCUT2D eigenvalue weighted by molar-refractivity contribution is -0.123. The first-order chi connectivity index (χ1) is 18.0. The standard InChI is InChI=1S/C26H37N7O3S/c1-4-19(2)28-23(34)18-31-9-11-33(12-10-31)25(35)22-17-27-26(37-3)30-24(22)29-20-5-7-21(8-6-20)32-13-15-36-16-14-32/h5-8,17,19H,4,9-16,18H2,1-3H3,(H,28,34)(H,27,29,30). The zero-order chi connectivity index (χ0) is 26.2. The van der Waals surface area contributed by atoms with Crippen molar-refractivity contribution in [3.05, 3.63) is 36.0 Å². The Morgan fingerprint density at radius 2 is 1.78 bits per heavy atom. The summed E-state index contributed by atoms with van der Waals surface area (Å²) < 4.78 is 5.45. The van der Waals surface area contributed by atoms with Crippen LogP contribution < -0.4 is 15.5 Å². The molecular formula is C26H37N7O3S. The Morgan fingerprint density at radius 3 is 2.43 bits per heavy atom. The third kappa shape index (κ3) is 7.33. The third-order valence-electron chi connectivity index (χ3n) is 6.73. The van der Waals surface area contributed by atoms with Crippen molar-refractivity contribution < 1.29 is 14.3 Å². The molecule has 0 saturated carbocycles. The summed E-state index contributed by atoms with van der Waals surface area (Å²) in [4.78, 5) is 40.9. The largest absolute Gasteiger partial charge is 0.378 e. The lowest BCUT2D eigenvalue weighted by Gasteiger charge is -2.34. The molecule has 2 fully saturated rings. The number of morpholine rings is 1. The molecule has 1 aromatic heterocycles. The molecule has 200 valence electrons. The molecule has 0 radical (unpaired) electrons. The zero-order valence-corrected chi connectivity index (χ0v) is 22.7. The van der Waals surface area contributed by atoms with Gasteiger partial charge in [0.15, 0.2) is 5.16 Å². The molecule has 10 nitrogen and oxygen atoms in total. The van der Waals surface area contributed by atoms with E-state index in [4.69, 9.17) is 4.74 Å². The van der Waals surface area contributed by atoms with Crippen LogP contribution in [0.25, 0.3) is 0 Å². The summed E-state index contributed by atoms with van der Waals surface area (Å²) in [5, 5.41) is 6.94. The Hall–Kier alpha value is -2.89. The predicted molar refractivity (Wildman–Crippen MR) is 147 cm³/mol. The highest BCUT2D eigenvalue weighted by molar-refractivity contribution is 7.98. The summed E-state index contributed by atoms with van der Waals surface area (Å²) >= 11 is 1.43. The van der Waals surface area contributed by atoms with Crippen LogP contribution in [0.5, 0.6) is 0 Å². The van der Waals surface area contributed by atoms with Crippen molar-refractivity contribution in [3.63, 3.8) is 0 Å². The molecule has 2 aliphatic heterocycles. The number of aromatic nitrogens is 2. The number of anilines is 3. The Morgan fingerprint density at radius 1 is 1.08 bits per heavy atom. The van der Waals surface area contributed by atoms with Crippen molar-refractivity contribution in [1.82, 2.24) is 25.1 Å². The number of carbonyl (C=O) groups excluding carboxylic acids is 2.